The van der Waals surface area contributed by atoms with E-state index in [4.69, 9.17) is 28.9 Å². The highest BCUT2D eigenvalue weighted by Crippen LogP contribution is 2.32. The van der Waals surface area contributed by atoms with Gasteiger partial charge in [-0.15, -0.1) is 11.3 Å². The molecule has 0 radical (unpaired) electrons. The molecule has 0 aliphatic rings. The predicted octanol–water partition coefficient (Wildman–Crippen LogP) is 5.24. The minimum atomic E-state index is 0.540. The van der Waals surface area contributed by atoms with Crippen molar-refractivity contribution in [3.8, 4) is 21.8 Å². The summed E-state index contributed by atoms with van der Waals surface area (Å²) in [6.45, 7) is 0.547. The van der Waals surface area contributed by atoms with Crippen LogP contribution >= 0.6 is 34.5 Å². The maximum absolute atomic E-state index is 6.05. The summed E-state index contributed by atoms with van der Waals surface area (Å²) >= 11 is 13.6. The average Bonchev–Trinajstić information content (AvgIpc) is 3.00. The zero-order valence-corrected chi connectivity index (χ0v) is 13.3. The average molecular weight is 335 g/mol. The number of thiazole rings is 1. The first-order valence-corrected chi connectivity index (χ1v) is 8.01. The summed E-state index contributed by atoms with van der Waals surface area (Å²) in [7, 11) is 0. The van der Waals surface area contributed by atoms with Crippen molar-refractivity contribution in [1.82, 2.24) is 4.98 Å². The molecule has 2 N–H and O–H groups in total. The van der Waals surface area contributed by atoms with Gasteiger partial charge in [0.05, 0.1) is 15.7 Å². The van der Waals surface area contributed by atoms with Crippen molar-refractivity contribution in [2.75, 3.05) is 0 Å². The standard InChI is InChI=1S/C16H12Cl2N2S/c17-13-6-5-12(7-14(13)18)16-20-15(9-21-16)11-3-1-10(8-19)2-4-11/h1-7,9H,8,19H2. The molecule has 0 saturated heterocycles. The van der Waals surface area contributed by atoms with E-state index in [1.807, 2.05) is 41.8 Å². The Morgan fingerprint density at radius 1 is 0.952 bits per heavy atom. The van der Waals surface area contributed by atoms with Crippen LogP contribution in [0.15, 0.2) is 47.8 Å². The topological polar surface area (TPSA) is 38.9 Å². The van der Waals surface area contributed by atoms with Gasteiger partial charge in [0.1, 0.15) is 5.01 Å². The van der Waals surface area contributed by atoms with E-state index < -0.39 is 0 Å². The first-order chi connectivity index (χ1) is 10.2. The molecule has 1 heterocycles. The Balaban J connectivity index is 1.93. The number of hydrogen-bond donors (Lipinski definition) is 1. The summed E-state index contributed by atoms with van der Waals surface area (Å²) < 4.78 is 0. The van der Waals surface area contributed by atoms with E-state index >= 15 is 0 Å². The van der Waals surface area contributed by atoms with E-state index in [9.17, 15) is 0 Å². The van der Waals surface area contributed by atoms with E-state index in [-0.39, 0.29) is 0 Å². The van der Waals surface area contributed by atoms with Crippen LogP contribution in [0.4, 0.5) is 0 Å². The molecule has 0 amide bonds. The number of nitrogens with two attached hydrogens (primary N) is 1. The maximum atomic E-state index is 6.05. The number of hydrogen-bond acceptors (Lipinski definition) is 3. The second kappa shape index (κ2) is 6.16. The molecule has 5 heteroatoms. The van der Waals surface area contributed by atoms with Crippen LogP contribution in [0.25, 0.3) is 21.8 Å². The predicted molar refractivity (Wildman–Crippen MR) is 90.9 cm³/mol. The minimum absolute atomic E-state index is 0.540. The fourth-order valence-electron chi connectivity index (χ4n) is 1.98. The second-order valence-electron chi connectivity index (χ2n) is 4.57. The highest BCUT2D eigenvalue weighted by Gasteiger charge is 2.08. The number of rotatable bonds is 3. The Labute approximate surface area is 137 Å². The Morgan fingerprint density at radius 3 is 2.33 bits per heavy atom. The van der Waals surface area contributed by atoms with Crippen molar-refractivity contribution in [3.63, 3.8) is 0 Å². The fraction of sp³-hybridized carbons (Fsp3) is 0.0625. The van der Waals surface area contributed by atoms with Gasteiger partial charge in [0.15, 0.2) is 0 Å². The molecule has 3 rings (SSSR count). The first-order valence-electron chi connectivity index (χ1n) is 6.37. The smallest absolute Gasteiger partial charge is 0.124 e. The Kier molecular flexibility index (Phi) is 4.27. The largest absolute Gasteiger partial charge is 0.326 e. The molecule has 0 atom stereocenters. The minimum Gasteiger partial charge on any atom is -0.326 e. The van der Waals surface area contributed by atoms with Crippen LogP contribution in [0.5, 0.6) is 0 Å². The Hall–Kier alpha value is -1.39. The van der Waals surface area contributed by atoms with Gasteiger partial charge in [0, 0.05) is 23.1 Å². The van der Waals surface area contributed by atoms with Crippen LogP contribution in [-0.2, 0) is 6.54 Å². The van der Waals surface area contributed by atoms with Gasteiger partial charge < -0.3 is 5.73 Å². The number of benzene rings is 2. The van der Waals surface area contributed by atoms with Gasteiger partial charge in [0.2, 0.25) is 0 Å². The second-order valence-corrected chi connectivity index (χ2v) is 6.24. The van der Waals surface area contributed by atoms with Crippen LogP contribution in [0.2, 0.25) is 10.0 Å². The number of halogens is 2. The molecule has 0 unspecified atom stereocenters. The molecular formula is C16H12Cl2N2S. The summed E-state index contributed by atoms with van der Waals surface area (Å²) in [5.41, 5.74) is 9.72. The van der Waals surface area contributed by atoms with Crippen LogP contribution in [0.3, 0.4) is 0 Å². The zero-order chi connectivity index (χ0) is 14.8. The molecule has 2 nitrogen and oxygen atoms in total. The lowest BCUT2D eigenvalue weighted by Gasteiger charge is -2.00. The third-order valence-electron chi connectivity index (χ3n) is 3.16. The Bertz CT molecular complexity index is 766. The van der Waals surface area contributed by atoms with Crippen molar-refractivity contribution >= 4 is 34.5 Å². The van der Waals surface area contributed by atoms with Crippen molar-refractivity contribution in [2.24, 2.45) is 5.73 Å². The van der Waals surface area contributed by atoms with Crippen LogP contribution in [0.1, 0.15) is 5.56 Å². The van der Waals surface area contributed by atoms with Crippen LogP contribution < -0.4 is 5.73 Å². The molecule has 0 aliphatic carbocycles. The molecule has 0 bridgehead atoms. The van der Waals surface area contributed by atoms with Crippen molar-refractivity contribution in [1.29, 1.82) is 0 Å². The summed E-state index contributed by atoms with van der Waals surface area (Å²) in [4.78, 5) is 4.66. The summed E-state index contributed by atoms with van der Waals surface area (Å²) in [6.07, 6.45) is 0. The molecule has 2 aromatic carbocycles. The highest BCUT2D eigenvalue weighted by atomic mass is 35.5. The van der Waals surface area contributed by atoms with Gasteiger partial charge in [-0.1, -0.05) is 53.5 Å². The van der Waals surface area contributed by atoms with E-state index in [0.717, 1.165) is 27.4 Å². The van der Waals surface area contributed by atoms with Gasteiger partial charge >= 0.3 is 0 Å². The van der Waals surface area contributed by atoms with E-state index in [1.54, 1.807) is 17.4 Å². The molecule has 3 aromatic rings. The normalized spacial score (nSPS) is 10.8. The summed E-state index contributed by atoms with van der Waals surface area (Å²) in [5, 5.41) is 4.05. The molecule has 0 saturated carbocycles. The lowest BCUT2D eigenvalue weighted by molar-refractivity contribution is 1.07. The van der Waals surface area contributed by atoms with Gasteiger partial charge in [0.25, 0.3) is 0 Å². The molecule has 0 spiro atoms. The lowest BCUT2D eigenvalue weighted by Crippen LogP contribution is -1.95. The first kappa shape index (κ1) is 14.5. The molecular weight excluding hydrogens is 323 g/mol. The SMILES string of the molecule is NCc1ccc(-c2csc(-c3ccc(Cl)c(Cl)c3)n2)cc1. The van der Waals surface area contributed by atoms with Crippen LogP contribution in [-0.4, -0.2) is 4.98 Å². The van der Waals surface area contributed by atoms with E-state index in [2.05, 4.69) is 4.98 Å². The molecule has 1 aromatic heterocycles. The highest BCUT2D eigenvalue weighted by molar-refractivity contribution is 7.13. The molecule has 0 fully saturated rings. The van der Waals surface area contributed by atoms with Crippen molar-refractivity contribution < 1.29 is 0 Å². The zero-order valence-electron chi connectivity index (χ0n) is 11.0. The van der Waals surface area contributed by atoms with Crippen molar-refractivity contribution in [2.45, 2.75) is 6.54 Å². The molecule has 0 aliphatic heterocycles. The number of nitrogens with zero attached hydrogens (tertiary/aromatic N) is 1. The van der Waals surface area contributed by atoms with Crippen LogP contribution in [0, 0.1) is 0 Å². The third-order valence-corrected chi connectivity index (χ3v) is 4.79. The lowest BCUT2D eigenvalue weighted by atomic mass is 10.1. The number of aromatic nitrogens is 1. The third kappa shape index (κ3) is 3.11. The summed E-state index contributed by atoms with van der Waals surface area (Å²) in [6, 6.07) is 13.7. The van der Waals surface area contributed by atoms with Crippen molar-refractivity contribution in [3.05, 3.63) is 63.5 Å². The van der Waals surface area contributed by atoms with E-state index in [1.165, 1.54) is 0 Å². The summed E-state index contributed by atoms with van der Waals surface area (Å²) in [5.74, 6) is 0. The monoisotopic (exact) mass is 334 g/mol. The fourth-order valence-corrected chi connectivity index (χ4v) is 3.10. The molecule has 106 valence electrons. The van der Waals surface area contributed by atoms with Gasteiger partial charge in [-0.05, 0) is 17.7 Å². The quantitative estimate of drug-likeness (QED) is 0.711. The maximum Gasteiger partial charge on any atom is 0.124 e. The van der Waals surface area contributed by atoms with Gasteiger partial charge in [-0.25, -0.2) is 4.98 Å². The van der Waals surface area contributed by atoms with Gasteiger partial charge in [-0.2, -0.15) is 0 Å². The molecule has 21 heavy (non-hydrogen) atoms. The Morgan fingerprint density at radius 2 is 1.67 bits per heavy atom. The van der Waals surface area contributed by atoms with Gasteiger partial charge in [-0.3, -0.25) is 0 Å². The van der Waals surface area contributed by atoms with E-state index in [0.29, 0.717) is 16.6 Å².